The molecule has 6 nitrogen and oxygen atoms in total. The predicted molar refractivity (Wildman–Crippen MR) is 111 cm³/mol. The van der Waals surface area contributed by atoms with E-state index < -0.39 is 39.8 Å². The van der Waals surface area contributed by atoms with Crippen molar-refractivity contribution >= 4 is 32.6 Å². The van der Waals surface area contributed by atoms with Crippen molar-refractivity contribution < 1.29 is 34.8 Å². The standard InChI is InChI=1S/C20H12F6N4O2S2/c21-19(22,23)18(20(24,25)26)7-6-12(2-3-13-4-5-15(33-13)34(27,31)32)14(10-18)16-17-28-8-1-9-30(17)11-29-16/h1,4-6,8-11H,7H2,(H2,27,31,32). The number of hydrogen-bond acceptors (Lipinski definition) is 5. The molecule has 34 heavy (non-hydrogen) atoms. The summed E-state index contributed by atoms with van der Waals surface area (Å²) in [5, 5.41) is 5.04. The molecule has 0 amide bonds. The first-order valence-corrected chi connectivity index (χ1v) is 11.6. The molecule has 1 aliphatic rings. The summed E-state index contributed by atoms with van der Waals surface area (Å²) in [6.07, 6.45) is -7.85. The molecule has 3 aromatic rings. The maximum absolute atomic E-state index is 13.8. The Morgan fingerprint density at radius 2 is 1.79 bits per heavy atom. The summed E-state index contributed by atoms with van der Waals surface area (Å²) in [5.74, 6) is 5.13. The number of nitrogens with zero attached hydrogens (tertiary/aromatic N) is 3. The number of halogens is 6. The Morgan fingerprint density at radius 3 is 2.41 bits per heavy atom. The largest absolute Gasteiger partial charge is 0.406 e. The highest BCUT2D eigenvalue weighted by Crippen LogP contribution is 2.57. The summed E-state index contributed by atoms with van der Waals surface area (Å²) in [7, 11) is -3.99. The minimum atomic E-state index is -5.65. The van der Waals surface area contributed by atoms with Crippen molar-refractivity contribution in [2.24, 2.45) is 10.6 Å². The lowest BCUT2D eigenvalue weighted by Crippen LogP contribution is -2.49. The van der Waals surface area contributed by atoms with Crippen LogP contribution in [-0.2, 0) is 10.0 Å². The Kier molecular flexibility index (Phi) is 5.62. The molecule has 0 spiro atoms. The van der Waals surface area contributed by atoms with Gasteiger partial charge in [0, 0.05) is 23.5 Å². The van der Waals surface area contributed by atoms with Crippen LogP contribution < -0.4 is 5.14 Å². The molecule has 0 radical (unpaired) electrons. The van der Waals surface area contributed by atoms with E-state index in [0.717, 1.165) is 6.08 Å². The van der Waals surface area contributed by atoms with E-state index in [1.165, 1.54) is 41.3 Å². The topological polar surface area (TPSA) is 90.4 Å². The van der Waals surface area contributed by atoms with Crippen LogP contribution in [0.15, 0.2) is 58.9 Å². The summed E-state index contributed by atoms with van der Waals surface area (Å²) in [4.78, 5) is 8.20. The summed E-state index contributed by atoms with van der Waals surface area (Å²) < 4.78 is 107. The molecule has 2 N–H and O–H groups in total. The fourth-order valence-corrected chi connectivity index (χ4v) is 4.90. The zero-order valence-electron chi connectivity index (χ0n) is 16.6. The number of primary sulfonamides is 1. The van der Waals surface area contributed by atoms with Crippen molar-refractivity contribution in [1.82, 2.24) is 14.4 Å². The highest BCUT2D eigenvalue weighted by molar-refractivity contribution is 7.91. The number of allylic oxidation sites excluding steroid dienone is 4. The van der Waals surface area contributed by atoms with Gasteiger partial charge in [0.25, 0.3) is 0 Å². The van der Waals surface area contributed by atoms with Crippen molar-refractivity contribution in [2.75, 3.05) is 0 Å². The Balaban J connectivity index is 1.89. The van der Waals surface area contributed by atoms with Gasteiger partial charge < -0.3 is 0 Å². The molecular formula is C20H12F6N4O2S2. The van der Waals surface area contributed by atoms with E-state index in [-0.39, 0.29) is 32.1 Å². The minimum Gasteiger partial charge on any atom is -0.290 e. The van der Waals surface area contributed by atoms with Crippen molar-refractivity contribution in [2.45, 2.75) is 23.0 Å². The first-order chi connectivity index (χ1) is 15.7. The fourth-order valence-electron chi connectivity index (χ4n) is 3.32. The second-order valence-electron chi connectivity index (χ2n) is 7.20. The van der Waals surface area contributed by atoms with E-state index in [9.17, 15) is 34.8 Å². The maximum atomic E-state index is 13.8. The van der Waals surface area contributed by atoms with Crippen LogP contribution in [0.4, 0.5) is 26.3 Å². The lowest BCUT2D eigenvalue weighted by atomic mass is 9.75. The van der Waals surface area contributed by atoms with Crippen molar-refractivity contribution in [3.8, 4) is 11.8 Å². The van der Waals surface area contributed by atoms with E-state index in [1.807, 2.05) is 0 Å². The smallest absolute Gasteiger partial charge is 0.290 e. The van der Waals surface area contributed by atoms with Gasteiger partial charge in [-0.05, 0) is 30.7 Å². The molecule has 3 heterocycles. The molecule has 4 rings (SSSR count). The van der Waals surface area contributed by atoms with Gasteiger partial charge in [-0.2, -0.15) is 26.3 Å². The monoisotopic (exact) mass is 518 g/mol. The number of alkyl halides is 6. The fraction of sp³-hybridized carbons (Fsp3) is 0.200. The summed E-state index contributed by atoms with van der Waals surface area (Å²) in [5.41, 5.74) is -4.95. The summed E-state index contributed by atoms with van der Waals surface area (Å²) >= 11 is 0.713. The quantitative estimate of drug-likeness (QED) is 0.404. The van der Waals surface area contributed by atoms with Crippen LogP contribution in [0.1, 0.15) is 17.0 Å². The van der Waals surface area contributed by atoms with Crippen LogP contribution >= 0.6 is 11.3 Å². The van der Waals surface area contributed by atoms with Gasteiger partial charge in [-0.25, -0.2) is 23.5 Å². The maximum Gasteiger partial charge on any atom is 0.406 e. The number of sulfonamides is 1. The van der Waals surface area contributed by atoms with Gasteiger partial charge >= 0.3 is 12.4 Å². The van der Waals surface area contributed by atoms with Crippen molar-refractivity contribution in [3.63, 3.8) is 0 Å². The number of thiophene rings is 1. The molecule has 0 unspecified atom stereocenters. The van der Waals surface area contributed by atoms with E-state index in [0.29, 0.717) is 11.3 Å². The van der Waals surface area contributed by atoms with Gasteiger partial charge in [0.05, 0.1) is 4.88 Å². The molecule has 0 fully saturated rings. The zero-order valence-corrected chi connectivity index (χ0v) is 18.3. The number of aromatic nitrogens is 3. The Hall–Kier alpha value is -3.15. The summed E-state index contributed by atoms with van der Waals surface area (Å²) in [6.45, 7) is 0. The van der Waals surface area contributed by atoms with Gasteiger partial charge in [-0.1, -0.05) is 17.9 Å². The van der Waals surface area contributed by atoms with Crippen molar-refractivity contribution in [1.29, 1.82) is 0 Å². The third-order valence-corrected chi connectivity index (χ3v) is 7.49. The molecular weight excluding hydrogens is 506 g/mol. The Bertz CT molecular complexity index is 1490. The van der Waals surface area contributed by atoms with Crippen LogP contribution in [0, 0.1) is 17.3 Å². The van der Waals surface area contributed by atoms with Gasteiger partial charge in [0.15, 0.2) is 11.1 Å². The van der Waals surface area contributed by atoms with Crippen LogP contribution in [0.25, 0.3) is 11.2 Å². The van der Waals surface area contributed by atoms with Crippen LogP contribution in [0.5, 0.6) is 0 Å². The highest BCUT2D eigenvalue weighted by atomic mass is 32.2. The molecule has 1 aliphatic carbocycles. The molecule has 0 bridgehead atoms. The van der Waals surface area contributed by atoms with Gasteiger partial charge in [0.1, 0.15) is 16.2 Å². The third-order valence-electron chi connectivity index (χ3n) is 5.06. The average Bonchev–Trinajstić information content (AvgIpc) is 3.37. The lowest BCUT2D eigenvalue weighted by molar-refractivity contribution is -0.320. The molecule has 178 valence electrons. The van der Waals surface area contributed by atoms with Crippen LogP contribution in [0.3, 0.4) is 0 Å². The van der Waals surface area contributed by atoms with Crippen LogP contribution in [0.2, 0.25) is 0 Å². The first-order valence-electron chi connectivity index (χ1n) is 9.22. The number of hydrogen-bond donors (Lipinski definition) is 1. The number of rotatable bonds is 2. The highest BCUT2D eigenvalue weighted by Gasteiger charge is 2.69. The van der Waals surface area contributed by atoms with E-state index in [1.54, 1.807) is 0 Å². The number of fused-ring (bicyclic) bond motifs is 1. The predicted octanol–water partition coefficient (Wildman–Crippen LogP) is 4.31. The first kappa shape index (κ1) is 24.0. The number of nitrogens with two attached hydrogens (primary N) is 1. The number of imidazole rings is 1. The summed E-state index contributed by atoms with van der Waals surface area (Å²) in [6, 6.07) is 4.04. The molecule has 14 heteroatoms. The normalized spacial score (nSPS) is 16.6. The van der Waals surface area contributed by atoms with Crippen LogP contribution in [-0.4, -0.2) is 35.1 Å². The van der Waals surface area contributed by atoms with E-state index in [4.69, 9.17) is 5.14 Å². The third kappa shape index (κ3) is 4.10. The minimum absolute atomic E-state index is 0.0363. The molecule has 0 aromatic carbocycles. The molecule has 0 atom stereocenters. The lowest BCUT2D eigenvalue weighted by Gasteiger charge is -2.36. The molecule has 0 saturated heterocycles. The molecule has 0 saturated carbocycles. The Labute approximate surface area is 192 Å². The van der Waals surface area contributed by atoms with Gasteiger partial charge in [-0.3, -0.25) is 4.40 Å². The second-order valence-corrected chi connectivity index (χ2v) is 10.1. The zero-order chi connectivity index (χ0) is 24.9. The molecule has 3 aromatic heterocycles. The average molecular weight is 518 g/mol. The molecule has 0 aliphatic heterocycles. The van der Waals surface area contributed by atoms with Crippen molar-refractivity contribution in [3.05, 3.63) is 65.2 Å². The van der Waals surface area contributed by atoms with Gasteiger partial charge in [0.2, 0.25) is 10.0 Å². The second kappa shape index (κ2) is 7.97. The Morgan fingerprint density at radius 1 is 1.09 bits per heavy atom. The van der Waals surface area contributed by atoms with Gasteiger partial charge in [-0.15, -0.1) is 11.3 Å². The van der Waals surface area contributed by atoms with E-state index >= 15 is 0 Å². The van der Waals surface area contributed by atoms with E-state index in [2.05, 4.69) is 21.8 Å². The SMILES string of the molecule is NS(=O)(=O)c1ccc(C#CC2=CCC(C(F)(F)F)(C(F)(F)F)C=C2c2ncn3cccnc23)s1.